The van der Waals surface area contributed by atoms with Crippen LogP contribution in [-0.2, 0) is 4.79 Å². The summed E-state index contributed by atoms with van der Waals surface area (Å²) in [4.78, 5) is 11.9. The molecule has 2 rings (SSSR count). The number of nitrogens with zero attached hydrogens (tertiary/aromatic N) is 1. The summed E-state index contributed by atoms with van der Waals surface area (Å²) in [6, 6.07) is 14.4. The zero-order valence-corrected chi connectivity index (χ0v) is 12.2. The predicted octanol–water partition coefficient (Wildman–Crippen LogP) is 4.17. The van der Waals surface area contributed by atoms with Crippen LogP contribution in [0.2, 0.25) is 5.02 Å². The molecule has 104 valence electrons. The van der Waals surface area contributed by atoms with Gasteiger partial charge in [0.05, 0.1) is 11.6 Å². The molecule has 4 heteroatoms. The maximum Gasteiger partial charge on any atom is 0.248 e. The number of anilines is 1. The first-order chi connectivity index (χ1) is 10.1. The molecule has 0 bridgehead atoms. The molecule has 0 heterocycles. The van der Waals surface area contributed by atoms with E-state index in [1.165, 1.54) is 6.08 Å². The van der Waals surface area contributed by atoms with Gasteiger partial charge >= 0.3 is 0 Å². The fourth-order valence-corrected chi connectivity index (χ4v) is 1.93. The second kappa shape index (κ2) is 6.74. The number of benzene rings is 2. The van der Waals surface area contributed by atoms with Gasteiger partial charge in [-0.25, -0.2) is 0 Å². The van der Waals surface area contributed by atoms with E-state index in [0.717, 1.165) is 11.1 Å². The van der Waals surface area contributed by atoms with Crippen molar-refractivity contribution in [3.63, 3.8) is 0 Å². The van der Waals surface area contributed by atoms with Crippen molar-refractivity contribution in [2.45, 2.75) is 6.92 Å². The molecule has 0 unspecified atom stereocenters. The molecule has 0 atom stereocenters. The molecular weight excluding hydrogens is 284 g/mol. The van der Waals surface area contributed by atoms with Gasteiger partial charge in [0.2, 0.25) is 5.91 Å². The molecule has 0 spiro atoms. The van der Waals surface area contributed by atoms with Gasteiger partial charge in [-0.15, -0.1) is 0 Å². The molecular formula is C17H13ClN2O. The molecule has 1 amide bonds. The van der Waals surface area contributed by atoms with Crippen LogP contribution in [0.5, 0.6) is 0 Å². The van der Waals surface area contributed by atoms with Crippen LogP contribution in [0.1, 0.15) is 16.7 Å². The number of rotatable bonds is 3. The lowest BCUT2D eigenvalue weighted by Gasteiger charge is -2.07. The Morgan fingerprint density at radius 2 is 1.95 bits per heavy atom. The Hall–Kier alpha value is -2.57. The average Bonchev–Trinajstić information content (AvgIpc) is 2.50. The Morgan fingerprint density at radius 1 is 1.24 bits per heavy atom. The van der Waals surface area contributed by atoms with E-state index in [-0.39, 0.29) is 5.91 Å². The van der Waals surface area contributed by atoms with Crippen LogP contribution in [0.25, 0.3) is 6.08 Å². The fourth-order valence-electron chi connectivity index (χ4n) is 1.76. The summed E-state index contributed by atoms with van der Waals surface area (Å²) in [6.45, 7) is 1.85. The minimum absolute atomic E-state index is 0.232. The first-order valence-corrected chi connectivity index (χ1v) is 6.72. The highest BCUT2D eigenvalue weighted by atomic mass is 35.5. The van der Waals surface area contributed by atoms with Gasteiger partial charge in [-0.1, -0.05) is 29.8 Å². The number of halogens is 1. The molecule has 21 heavy (non-hydrogen) atoms. The standard InChI is InChI=1S/C17H13ClN2O/c1-12-15(18)3-2-4-16(12)20-17(21)10-9-13-5-7-14(11-19)8-6-13/h2-10H,1H3,(H,20,21)/b10-9+. The van der Waals surface area contributed by atoms with E-state index in [1.807, 2.05) is 13.0 Å². The van der Waals surface area contributed by atoms with Crippen LogP contribution in [0, 0.1) is 18.3 Å². The third-order valence-corrected chi connectivity index (χ3v) is 3.40. The van der Waals surface area contributed by atoms with Crippen LogP contribution in [0.3, 0.4) is 0 Å². The number of amides is 1. The van der Waals surface area contributed by atoms with E-state index in [1.54, 1.807) is 48.5 Å². The van der Waals surface area contributed by atoms with Crippen molar-refractivity contribution < 1.29 is 4.79 Å². The zero-order valence-electron chi connectivity index (χ0n) is 11.4. The molecule has 0 saturated carbocycles. The van der Waals surface area contributed by atoms with Crippen molar-refractivity contribution in [3.05, 3.63) is 70.3 Å². The SMILES string of the molecule is Cc1c(Cl)cccc1NC(=O)/C=C/c1ccc(C#N)cc1. The monoisotopic (exact) mass is 296 g/mol. The second-order valence-electron chi connectivity index (χ2n) is 4.47. The molecule has 0 aliphatic carbocycles. The van der Waals surface area contributed by atoms with E-state index in [4.69, 9.17) is 16.9 Å². The van der Waals surface area contributed by atoms with Crippen LogP contribution >= 0.6 is 11.6 Å². The maximum absolute atomic E-state index is 11.9. The summed E-state index contributed by atoms with van der Waals surface area (Å²) in [5.74, 6) is -0.232. The lowest BCUT2D eigenvalue weighted by molar-refractivity contribution is -0.111. The van der Waals surface area contributed by atoms with Gasteiger partial charge < -0.3 is 5.32 Å². The third-order valence-electron chi connectivity index (χ3n) is 2.99. The van der Waals surface area contributed by atoms with Gasteiger partial charge in [0.25, 0.3) is 0 Å². The molecule has 3 nitrogen and oxygen atoms in total. The summed E-state index contributed by atoms with van der Waals surface area (Å²) in [5, 5.41) is 12.1. The molecule has 0 fully saturated rings. The van der Waals surface area contributed by atoms with Gasteiger partial charge in [-0.05, 0) is 48.4 Å². The van der Waals surface area contributed by atoms with Crippen molar-refractivity contribution in [2.24, 2.45) is 0 Å². The number of hydrogen-bond donors (Lipinski definition) is 1. The molecule has 0 aliphatic rings. The van der Waals surface area contributed by atoms with Gasteiger partial charge in [-0.2, -0.15) is 5.26 Å². The Morgan fingerprint density at radius 3 is 2.62 bits per heavy atom. The van der Waals surface area contributed by atoms with E-state index < -0.39 is 0 Å². The van der Waals surface area contributed by atoms with E-state index >= 15 is 0 Å². The lowest BCUT2D eigenvalue weighted by Crippen LogP contribution is -2.08. The zero-order chi connectivity index (χ0) is 15.2. The fraction of sp³-hybridized carbons (Fsp3) is 0.0588. The lowest BCUT2D eigenvalue weighted by atomic mass is 10.1. The summed E-state index contributed by atoms with van der Waals surface area (Å²) < 4.78 is 0. The highest BCUT2D eigenvalue weighted by Crippen LogP contribution is 2.22. The molecule has 0 saturated heterocycles. The molecule has 0 aliphatic heterocycles. The van der Waals surface area contributed by atoms with Crippen molar-refractivity contribution in [2.75, 3.05) is 5.32 Å². The Balaban J connectivity index is 2.05. The minimum atomic E-state index is -0.232. The maximum atomic E-state index is 11.9. The van der Waals surface area contributed by atoms with Crippen molar-refractivity contribution in [1.82, 2.24) is 0 Å². The summed E-state index contributed by atoms with van der Waals surface area (Å²) in [6.07, 6.45) is 3.14. The minimum Gasteiger partial charge on any atom is -0.322 e. The molecule has 1 N–H and O–H groups in total. The smallest absolute Gasteiger partial charge is 0.248 e. The predicted molar refractivity (Wildman–Crippen MR) is 85.0 cm³/mol. The first kappa shape index (κ1) is 14.8. The molecule has 2 aromatic carbocycles. The van der Waals surface area contributed by atoms with Crippen LogP contribution in [0.4, 0.5) is 5.69 Å². The summed E-state index contributed by atoms with van der Waals surface area (Å²) in [7, 11) is 0. The number of nitrogens with one attached hydrogen (secondary N) is 1. The van der Waals surface area contributed by atoms with Gasteiger partial charge in [0, 0.05) is 16.8 Å². The highest BCUT2D eigenvalue weighted by Gasteiger charge is 2.04. The average molecular weight is 297 g/mol. The molecule has 2 aromatic rings. The van der Waals surface area contributed by atoms with Crippen LogP contribution in [0.15, 0.2) is 48.5 Å². The van der Waals surface area contributed by atoms with Gasteiger partial charge in [-0.3, -0.25) is 4.79 Å². The van der Waals surface area contributed by atoms with Crippen molar-refractivity contribution >= 4 is 29.3 Å². The normalized spacial score (nSPS) is 10.3. The Bertz CT molecular complexity index is 727. The van der Waals surface area contributed by atoms with Crippen molar-refractivity contribution in [3.8, 4) is 6.07 Å². The van der Waals surface area contributed by atoms with E-state index in [0.29, 0.717) is 16.3 Å². The topological polar surface area (TPSA) is 52.9 Å². The number of hydrogen-bond acceptors (Lipinski definition) is 2. The Labute approximate surface area is 128 Å². The van der Waals surface area contributed by atoms with Crippen molar-refractivity contribution in [1.29, 1.82) is 5.26 Å². The molecule has 0 aromatic heterocycles. The van der Waals surface area contributed by atoms with E-state index in [9.17, 15) is 4.79 Å². The summed E-state index contributed by atoms with van der Waals surface area (Å²) in [5.41, 5.74) is 2.97. The Kier molecular flexibility index (Phi) is 4.76. The third kappa shape index (κ3) is 3.95. The highest BCUT2D eigenvalue weighted by molar-refractivity contribution is 6.31. The van der Waals surface area contributed by atoms with Gasteiger partial charge in [0.15, 0.2) is 0 Å². The largest absolute Gasteiger partial charge is 0.322 e. The van der Waals surface area contributed by atoms with Crippen LogP contribution < -0.4 is 5.32 Å². The quantitative estimate of drug-likeness (QED) is 0.864. The number of carbonyl (C=O) groups excluding carboxylic acids is 1. The van der Waals surface area contributed by atoms with Gasteiger partial charge in [0.1, 0.15) is 0 Å². The summed E-state index contributed by atoms with van der Waals surface area (Å²) >= 11 is 6.00. The van der Waals surface area contributed by atoms with Crippen LogP contribution in [-0.4, -0.2) is 5.91 Å². The van der Waals surface area contributed by atoms with E-state index in [2.05, 4.69) is 5.32 Å². The second-order valence-corrected chi connectivity index (χ2v) is 4.88. The molecule has 0 radical (unpaired) electrons. The number of nitriles is 1. The number of carbonyl (C=O) groups is 1. The first-order valence-electron chi connectivity index (χ1n) is 6.34.